The highest BCUT2D eigenvalue weighted by Gasteiger charge is 2.20. The molecule has 0 radical (unpaired) electrons. The van der Waals surface area contributed by atoms with Crippen LogP contribution in [0.1, 0.15) is 30.6 Å². The molecule has 2 aromatic rings. The minimum Gasteiger partial charge on any atom is -0.271 e. The predicted molar refractivity (Wildman–Crippen MR) is 80.8 cm³/mol. The molecule has 0 saturated heterocycles. The molecule has 0 spiro atoms. The van der Waals surface area contributed by atoms with E-state index in [4.69, 9.17) is 17.4 Å². The van der Waals surface area contributed by atoms with E-state index < -0.39 is 0 Å². The number of halogens is 2. The first kappa shape index (κ1) is 14.5. The summed E-state index contributed by atoms with van der Waals surface area (Å²) in [6.45, 7) is 2.97. The normalized spacial score (nSPS) is 12.6. The monoisotopic (exact) mass is 342 g/mol. The molecule has 6 heteroatoms. The minimum atomic E-state index is -0.181. The van der Waals surface area contributed by atoms with Gasteiger partial charge in [-0.25, -0.2) is 5.43 Å². The van der Waals surface area contributed by atoms with E-state index in [1.807, 2.05) is 28.9 Å². The first-order chi connectivity index (χ1) is 9.19. The van der Waals surface area contributed by atoms with Crippen molar-refractivity contribution in [2.75, 3.05) is 0 Å². The smallest absolute Gasteiger partial charge is 0.0893 e. The lowest BCUT2D eigenvalue weighted by molar-refractivity contribution is 0.521. The average Bonchev–Trinajstić information content (AvgIpc) is 2.84. The van der Waals surface area contributed by atoms with E-state index >= 15 is 0 Å². The Hall–Kier alpha value is -0.880. The molecular formula is C13H16BrClN4. The topological polar surface area (TPSA) is 55.9 Å². The van der Waals surface area contributed by atoms with Crippen molar-refractivity contribution in [3.63, 3.8) is 0 Å². The third kappa shape index (κ3) is 3.00. The largest absolute Gasteiger partial charge is 0.271 e. The lowest BCUT2D eigenvalue weighted by Crippen LogP contribution is -2.31. The maximum absolute atomic E-state index is 6.34. The Morgan fingerprint density at radius 2 is 2.26 bits per heavy atom. The number of hydrogen-bond donors (Lipinski definition) is 2. The van der Waals surface area contributed by atoms with Crippen molar-refractivity contribution in [3.8, 4) is 0 Å². The number of nitrogens with one attached hydrogen (secondary N) is 1. The lowest BCUT2D eigenvalue weighted by Gasteiger charge is -2.19. The summed E-state index contributed by atoms with van der Waals surface area (Å²) in [7, 11) is 0. The fraction of sp³-hybridized carbons (Fsp3) is 0.308. The summed E-state index contributed by atoms with van der Waals surface area (Å²) in [5.41, 5.74) is 4.75. The van der Waals surface area contributed by atoms with Crippen LogP contribution in [0.4, 0.5) is 0 Å². The molecule has 1 heterocycles. The van der Waals surface area contributed by atoms with Gasteiger partial charge in [-0.3, -0.25) is 10.5 Å². The third-order valence-corrected chi connectivity index (χ3v) is 4.25. The Labute approximate surface area is 126 Å². The van der Waals surface area contributed by atoms with Gasteiger partial charge < -0.3 is 0 Å². The molecule has 0 aliphatic heterocycles. The molecule has 1 aromatic carbocycles. The van der Waals surface area contributed by atoms with Crippen molar-refractivity contribution in [2.45, 2.75) is 25.9 Å². The van der Waals surface area contributed by atoms with Gasteiger partial charge in [0.15, 0.2) is 0 Å². The zero-order valence-electron chi connectivity index (χ0n) is 10.6. The summed E-state index contributed by atoms with van der Waals surface area (Å²) in [5, 5.41) is 4.98. The van der Waals surface area contributed by atoms with E-state index in [0.29, 0.717) is 5.02 Å². The van der Waals surface area contributed by atoms with Crippen LogP contribution in [0, 0.1) is 0 Å². The molecule has 0 fully saturated rings. The van der Waals surface area contributed by atoms with E-state index in [0.717, 1.165) is 28.7 Å². The van der Waals surface area contributed by atoms with Gasteiger partial charge in [0.05, 0.1) is 16.8 Å². The van der Waals surface area contributed by atoms with Gasteiger partial charge in [0.2, 0.25) is 0 Å². The summed E-state index contributed by atoms with van der Waals surface area (Å²) in [4.78, 5) is 0. The fourth-order valence-corrected chi connectivity index (χ4v) is 2.68. The Morgan fingerprint density at radius 1 is 1.47 bits per heavy atom. The highest BCUT2D eigenvalue weighted by Crippen LogP contribution is 2.32. The zero-order chi connectivity index (χ0) is 13.8. The number of hydrogen-bond acceptors (Lipinski definition) is 3. The maximum atomic E-state index is 6.34. The number of benzene rings is 1. The Balaban J connectivity index is 2.44. The Morgan fingerprint density at radius 3 is 2.95 bits per heavy atom. The molecule has 1 aromatic heterocycles. The van der Waals surface area contributed by atoms with Gasteiger partial charge in [0.25, 0.3) is 0 Å². The maximum Gasteiger partial charge on any atom is 0.0893 e. The molecule has 0 saturated carbocycles. The van der Waals surface area contributed by atoms with Gasteiger partial charge in [0.1, 0.15) is 0 Å². The molecule has 0 aliphatic carbocycles. The highest BCUT2D eigenvalue weighted by molar-refractivity contribution is 9.10. The van der Waals surface area contributed by atoms with Crippen molar-refractivity contribution in [1.82, 2.24) is 15.2 Å². The van der Waals surface area contributed by atoms with Gasteiger partial charge in [-0.15, -0.1) is 0 Å². The molecule has 1 atom stereocenters. The van der Waals surface area contributed by atoms with Gasteiger partial charge in [-0.05, 0) is 40.0 Å². The summed E-state index contributed by atoms with van der Waals surface area (Å²) < 4.78 is 2.80. The van der Waals surface area contributed by atoms with Gasteiger partial charge >= 0.3 is 0 Å². The first-order valence-corrected chi connectivity index (χ1v) is 7.27. The van der Waals surface area contributed by atoms with Crippen LogP contribution in [0.15, 0.2) is 34.9 Å². The van der Waals surface area contributed by atoms with E-state index in [2.05, 4.69) is 33.4 Å². The second kappa shape index (κ2) is 6.52. The van der Waals surface area contributed by atoms with Gasteiger partial charge in [-0.2, -0.15) is 5.10 Å². The Bertz CT molecular complexity index is 555. The van der Waals surface area contributed by atoms with Crippen molar-refractivity contribution in [2.24, 2.45) is 5.84 Å². The lowest BCUT2D eigenvalue weighted by atomic mass is 10.0. The van der Waals surface area contributed by atoms with Crippen LogP contribution in [0.25, 0.3) is 0 Å². The zero-order valence-corrected chi connectivity index (χ0v) is 12.9. The van der Waals surface area contributed by atoms with Gasteiger partial charge in [-0.1, -0.05) is 30.7 Å². The molecule has 19 heavy (non-hydrogen) atoms. The van der Waals surface area contributed by atoms with Crippen LogP contribution < -0.4 is 11.3 Å². The predicted octanol–water partition coefficient (Wildman–Crippen LogP) is 3.26. The number of rotatable bonds is 5. The highest BCUT2D eigenvalue weighted by atomic mass is 79.9. The molecule has 2 rings (SSSR count). The number of nitrogens with zero attached hydrogens (tertiary/aromatic N) is 2. The molecule has 0 aliphatic rings. The second-order valence-electron chi connectivity index (χ2n) is 4.22. The van der Waals surface area contributed by atoms with E-state index in [1.54, 1.807) is 6.20 Å². The summed E-state index contributed by atoms with van der Waals surface area (Å²) in [6, 6.07) is 7.58. The van der Waals surface area contributed by atoms with Crippen LogP contribution in [-0.4, -0.2) is 9.78 Å². The standard InChI is InChI=1S/C13H16BrClN4/c1-2-8-19-11(6-7-17-19)13(18-16)9-4-3-5-10(14)12(9)15/h3-7,13,18H,2,8,16H2,1H3. The number of nitrogens with two attached hydrogens (primary N) is 1. The quantitative estimate of drug-likeness (QED) is 0.647. The summed E-state index contributed by atoms with van der Waals surface area (Å²) >= 11 is 9.77. The van der Waals surface area contributed by atoms with E-state index in [9.17, 15) is 0 Å². The number of hydrazine groups is 1. The van der Waals surface area contributed by atoms with E-state index in [-0.39, 0.29) is 6.04 Å². The minimum absolute atomic E-state index is 0.181. The molecule has 0 bridgehead atoms. The molecular weight excluding hydrogens is 328 g/mol. The number of aryl methyl sites for hydroxylation is 1. The van der Waals surface area contributed by atoms with Crippen LogP contribution in [0.3, 0.4) is 0 Å². The fourth-order valence-electron chi connectivity index (χ4n) is 2.06. The molecule has 1 unspecified atom stereocenters. The number of aromatic nitrogens is 2. The molecule has 3 N–H and O–H groups in total. The van der Waals surface area contributed by atoms with Crippen molar-refractivity contribution >= 4 is 27.5 Å². The molecule has 0 amide bonds. The Kier molecular flexibility index (Phi) is 4.99. The van der Waals surface area contributed by atoms with Crippen molar-refractivity contribution < 1.29 is 0 Å². The SMILES string of the molecule is CCCn1nccc1C(NN)c1cccc(Br)c1Cl. The van der Waals surface area contributed by atoms with Crippen molar-refractivity contribution in [3.05, 3.63) is 51.2 Å². The van der Waals surface area contributed by atoms with Crippen LogP contribution >= 0.6 is 27.5 Å². The average molecular weight is 344 g/mol. The van der Waals surface area contributed by atoms with Crippen LogP contribution in [0.2, 0.25) is 5.02 Å². The molecule has 4 nitrogen and oxygen atoms in total. The molecule has 102 valence electrons. The van der Waals surface area contributed by atoms with Crippen molar-refractivity contribution in [1.29, 1.82) is 0 Å². The summed E-state index contributed by atoms with van der Waals surface area (Å²) in [6.07, 6.45) is 2.79. The van der Waals surface area contributed by atoms with Crippen LogP contribution in [0.5, 0.6) is 0 Å². The third-order valence-electron chi connectivity index (χ3n) is 2.94. The second-order valence-corrected chi connectivity index (χ2v) is 5.45. The van der Waals surface area contributed by atoms with Gasteiger partial charge in [0, 0.05) is 17.2 Å². The summed E-state index contributed by atoms with van der Waals surface area (Å²) in [5.74, 6) is 5.71. The van der Waals surface area contributed by atoms with Crippen LogP contribution in [-0.2, 0) is 6.54 Å². The first-order valence-electron chi connectivity index (χ1n) is 6.10. The van der Waals surface area contributed by atoms with E-state index in [1.165, 1.54) is 0 Å².